The number of aromatic nitrogens is 4. The number of nitrogens with one attached hydrogen (secondary N) is 1. The molecule has 9 heteroatoms. The first-order valence-electron chi connectivity index (χ1n) is 10.9. The molecule has 1 atom stereocenters. The van der Waals surface area contributed by atoms with Gasteiger partial charge >= 0.3 is 0 Å². The second-order valence-corrected chi connectivity index (χ2v) is 7.70. The van der Waals surface area contributed by atoms with Crippen LogP contribution in [0, 0.1) is 0 Å². The lowest BCUT2D eigenvalue weighted by molar-refractivity contribution is -0.00803. The fourth-order valence-electron chi connectivity index (χ4n) is 3.83. The van der Waals surface area contributed by atoms with Gasteiger partial charge in [-0.25, -0.2) is 4.98 Å². The molecule has 2 aromatic heterocycles. The summed E-state index contributed by atoms with van der Waals surface area (Å²) >= 11 is 0. The minimum absolute atomic E-state index is 0. The van der Waals surface area contributed by atoms with Gasteiger partial charge in [-0.05, 0) is 12.5 Å². The lowest BCUT2D eigenvalue weighted by Gasteiger charge is -2.34. The Hall–Kier alpha value is -2.40. The van der Waals surface area contributed by atoms with Gasteiger partial charge in [0.15, 0.2) is 5.96 Å². The topological polar surface area (TPSA) is 72.5 Å². The van der Waals surface area contributed by atoms with Gasteiger partial charge in [0.25, 0.3) is 0 Å². The molecule has 1 aliphatic rings. The maximum Gasteiger partial charge on any atom is 0.194 e. The van der Waals surface area contributed by atoms with Crippen LogP contribution in [0.25, 0.3) is 0 Å². The van der Waals surface area contributed by atoms with Crippen LogP contribution >= 0.6 is 24.0 Å². The quantitative estimate of drug-likeness (QED) is 0.279. The van der Waals surface area contributed by atoms with Crippen molar-refractivity contribution in [1.82, 2.24) is 29.5 Å². The molecule has 1 saturated heterocycles. The molecule has 0 radical (unpaired) electrons. The summed E-state index contributed by atoms with van der Waals surface area (Å²) in [6, 6.07) is 10.5. The SMILES string of the molecule is CCNC(=NCCc1nccn1Cc1ccccc1)N1CCOC(c2cnn(C)c2)C1.I. The van der Waals surface area contributed by atoms with E-state index in [9.17, 15) is 0 Å². The van der Waals surface area contributed by atoms with Crippen LogP contribution in [0.3, 0.4) is 0 Å². The van der Waals surface area contributed by atoms with Gasteiger partial charge in [-0.1, -0.05) is 30.3 Å². The van der Waals surface area contributed by atoms with Crippen molar-refractivity contribution in [2.24, 2.45) is 12.0 Å². The summed E-state index contributed by atoms with van der Waals surface area (Å²) in [5.74, 6) is 1.99. The Labute approximate surface area is 206 Å². The summed E-state index contributed by atoms with van der Waals surface area (Å²) in [5.41, 5.74) is 2.37. The number of hydrogen-bond acceptors (Lipinski definition) is 4. The zero-order valence-corrected chi connectivity index (χ0v) is 21.1. The van der Waals surface area contributed by atoms with Gasteiger partial charge in [-0.3, -0.25) is 9.67 Å². The fourth-order valence-corrected chi connectivity index (χ4v) is 3.83. The average Bonchev–Trinajstić information content (AvgIpc) is 3.43. The maximum atomic E-state index is 5.98. The second kappa shape index (κ2) is 12.0. The highest BCUT2D eigenvalue weighted by molar-refractivity contribution is 14.0. The highest BCUT2D eigenvalue weighted by atomic mass is 127. The molecule has 1 aliphatic heterocycles. The number of morpholine rings is 1. The number of benzene rings is 1. The zero-order valence-electron chi connectivity index (χ0n) is 18.7. The predicted molar refractivity (Wildman–Crippen MR) is 136 cm³/mol. The van der Waals surface area contributed by atoms with E-state index in [4.69, 9.17) is 9.73 Å². The molecular formula is C23H32IN7O. The van der Waals surface area contributed by atoms with Crippen LogP contribution in [-0.4, -0.2) is 63.0 Å². The van der Waals surface area contributed by atoms with Crippen molar-refractivity contribution in [2.75, 3.05) is 32.8 Å². The minimum atomic E-state index is 0. The molecule has 0 saturated carbocycles. The third-order valence-corrected chi connectivity index (χ3v) is 5.39. The highest BCUT2D eigenvalue weighted by Crippen LogP contribution is 2.21. The van der Waals surface area contributed by atoms with Crippen molar-refractivity contribution < 1.29 is 4.74 Å². The van der Waals surface area contributed by atoms with E-state index < -0.39 is 0 Å². The largest absolute Gasteiger partial charge is 0.370 e. The second-order valence-electron chi connectivity index (χ2n) is 7.70. The van der Waals surface area contributed by atoms with E-state index in [0.717, 1.165) is 49.9 Å². The molecule has 32 heavy (non-hydrogen) atoms. The molecule has 0 amide bonds. The number of aryl methyl sites for hydroxylation is 1. The molecule has 172 valence electrons. The number of aliphatic imine (C=N–C) groups is 1. The van der Waals surface area contributed by atoms with Crippen LogP contribution in [0.1, 0.15) is 30.0 Å². The Balaban J connectivity index is 0.00000289. The van der Waals surface area contributed by atoms with Crippen molar-refractivity contribution in [3.8, 4) is 0 Å². The van der Waals surface area contributed by atoms with Gasteiger partial charge < -0.3 is 19.5 Å². The standard InChI is InChI=1S/C23H31N7O.HI/c1-3-24-23(30-13-14-31-21(18-30)20-15-27-28(2)17-20)26-10-9-22-25-11-12-29(22)16-19-7-5-4-6-8-19;/h4-8,11-12,15,17,21H,3,9-10,13-14,16,18H2,1-2H3,(H,24,26);1H. The van der Waals surface area contributed by atoms with Gasteiger partial charge in [0.05, 0.1) is 19.3 Å². The van der Waals surface area contributed by atoms with Crippen LogP contribution < -0.4 is 5.32 Å². The van der Waals surface area contributed by atoms with Crippen molar-refractivity contribution in [1.29, 1.82) is 0 Å². The van der Waals surface area contributed by atoms with Crippen LogP contribution in [0.5, 0.6) is 0 Å². The molecular weight excluding hydrogens is 517 g/mol. The van der Waals surface area contributed by atoms with Gasteiger partial charge in [0, 0.05) is 63.8 Å². The van der Waals surface area contributed by atoms with Crippen LogP contribution in [-0.2, 0) is 24.8 Å². The van der Waals surface area contributed by atoms with Crippen molar-refractivity contribution >= 4 is 29.9 Å². The van der Waals surface area contributed by atoms with E-state index in [2.05, 4.69) is 56.1 Å². The van der Waals surface area contributed by atoms with E-state index in [1.807, 2.05) is 42.6 Å². The predicted octanol–water partition coefficient (Wildman–Crippen LogP) is 2.86. The van der Waals surface area contributed by atoms with Gasteiger partial charge in [-0.15, -0.1) is 24.0 Å². The maximum absolute atomic E-state index is 5.98. The fraction of sp³-hybridized carbons (Fsp3) is 0.435. The summed E-state index contributed by atoms with van der Waals surface area (Å²) in [6.07, 6.45) is 8.61. The molecule has 1 fully saturated rings. The molecule has 1 aromatic carbocycles. The van der Waals surface area contributed by atoms with Crippen molar-refractivity contribution in [3.05, 3.63) is 72.1 Å². The summed E-state index contributed by atoms with van der Waals surface area (Å²) in [5, 5.41) is 7.71. The molecule has 0 spiro atoms. The number of hydrogen-bond donors (Lipinski definition) is 1. The third kappa shape index (κ3) is 6.32. The van der Waals surface area contributed by atoms with E-state index in [1.165, 1.54) is 5.56 Å². The molecule has 4 rings (SSSR count). The first kappa shape index (κ1) is 24.2. The number of guanidine groups is 1. The van der Waals surface area contributed by atoms with Gasteiger partial charge in [0.1, 0.15) is 11.9 Å². The Kier molecular flexibility index (Phi) is 9.10. The third-order valence-electron chi connectivity index (χ3n) is 5.39. The van der Waals surface area contributed by atoms with Gasteiger partial charge in [0.2, 0.25) is 0 Å². The first-order chi connectivity index (χ1) is 15.2. The number of nitrogens with zero attached hydrogens (tertiary/aromatic N) is 6. The van der Waals surface area contributed by atoms with Crippen molar-refractivity contribution in [2.45, 2.75) is 26.0 Å². The van der Waals surface area contributed by atoms with Crippen LogP contribution in [0.2, 0.25) is 0 Å². The average molecular weight is 549 g/mol. The summed E-state index contributed by atoms with van der Waals surface area (Å²) < 4.78 is 9.99. The normalized spacial score (nSPS) is 16.6. The van der Waals surface area contributed by atoms with Crippen molar-refractivity contribution in [3.63, 3.8) is 0 Å². The van der Waals surface area contributed by atoms with Crippen LogP contribution in [0.15, 0.2) is 60.1 Å². The Bertz CT molecular complexity index is 985. The Morgan fingerprint density at radius 1 is 1.28 bits per heavy atom. The molecule has 1 N–H and O–H groups in total. The lowest BCUT2D eigenvalue weighted by Crippen LogP contribution is -2.48. The van der Waals surface area contributed by atoms with E-state index in [1.54, 1.807) is 0 Å². The van der Waals surface area contributed by atoms with Crippen LogP contribution in [0.4, 0.5) is 0 Å². The molecule has 1 unspecified atom stereocenters. The van der Waals surface area contributed by atoms with E-state index in [-0.39, 0.29) is 30.1 Å². The Morgan fingerprint density at radius 3 is 2.88 bits per heavy atom. The smallest absolute Gasteiger partial charge is 0.194 e. The molecule has 8 nitrogen and oxygen atoms in total. The molecule has 3 aromatic rings. The molecule has 0 bridgehead atoms. The number of rotatable bonds is 7. The lowest BCUT2D eigenvalue weighted by atomic mass is 10.1. The number of ether oxygens (including phenoxy) is 1. The molecule has 0 aliphatic carbocycles. The number of imidazole rings is 1. The summed E-state index contributed by atoms with van der Waals surface area (Å²) in [4.78, 5) is 11.7. The Morgan fingerprint density at radius 2 is 2.12 bits per heavy atom. The highest BCUT2D eigenvalue weighted by Gasteiger charge is 2.25. The summed E-state index contributed by atoms with van der Waals surface area (Å²) in [6.45, 7) is 6.70. The molecule has 3 heterocycles. The van der Waals surface area contributed by atoms with Gasteiger partial charge in [-0.2, -0.15) is 5.10 Å². The van der Waals surface area contributed by atoms with E-state index >= 15 is 0 Å². The monoisotopic (exact) mass is 549 g/mol. The summed E-state index contributed by atoms with van der Waals surface area (Å²) in [7, 11) is 1.93. The zero-order chi connectivity index (χ0) is 21.5. The van der Waals surface area contributed by atoms with E-state index in [0.29, 0.717) is 13.2 Å². The number of halogens is 1. The first-order valence-corrected chi connectivity index (χ1v) is 10.9. The minimum Gasteiger partial charge on any atom is -0.370 e.